The Hall–Kier alpha value is -4.78. The lowest BCUT2D eigenvalue weighted by molar-refractivity contribution is -0.130. The number of ketones is 1. The van der Waals surface area contributed by atoms with Crippen LogP contribution < -0.4 is 10.6 Å². The summed E-state index contributed by atoms with van der Waals surface area (Å²) in [6.07, 6.45) is 0. The molecule has 1 unspecified atom stereocenters. The molecule has 4 aromatic rings. The van der Waals surface area contributed by atoms with E-state index in [1.807, 2.05) is 48.5 Å². The van der Waals surface area contributed by atoms with Crippen molar-refractivity contribution in [3.05, 3.63) is 114 Å². The molecule has 0 saturated carbocycles. The average Bonchev–Trinajstić information content (AvgIpc) is 3.12. The van der Waals surface area contributed by atoms with Gasteiger partial charge in [0.25, 0.3) is 11.8 Å². The number of imide groups is 1. The quantitative estimate of drug-likeness (QED) is 0.310. The third kappa shape index (κ3) is 4.11. The summed E-state index contributed by atoms with van der Waals surface area (Å²) in [5.74, 6) is -1.13. The molecule has 36 heavy (non-hydrogen) atoms. The molecule has 1 saturated heterocycles. The number of nitrogens with zero attached hydrogens (tertiary/aromatic N) is 1. The van der Waals surface area contributed by atoms with Crippen molar-refractivity contribution in [1.82, 2.24) is 10.2 Å². The van der Waals surface area contributed by atoms with Gasteiger partial charge in [-0.05, 0) is 59.7 Å². The molecule has 0 radical (unpaired) electrons. The Kier molecular flexibility index (Phi) is 5.82. The predicted octanol–water partition coefficient (Wildman–Crippen LogP) is 4.74. The van der Waals surface area contributed by atoms with Gasteiger partial charge in [0, 0.05) is 16.8 Å². The van der Waals surface area contributed by atoms with Crippen LogP contribution in [0.4, 0.5) is 10.5 Å². The van der Waals surface area contributed by atoms with E-state index in [2.05, 4.69) is 10.6 Å². The molecule has 4 amide bonds. The maximum Gasteiger partial charge on any atom is 0.325 e. The molecule has 178 valence electrons. The van der Waals surface area contributed by atoms with E-state index < -0.39 is 17.5 Å². The summed E-state index contributed by atoms with van der Waals surface area (Å²) in [5, 5.41) is 7.37. The Balaban J connectivity index is 1.31. The Bertz CT molecular complexity index is 1490. The van der Waals surface area contributed by atoms with Crippen molar-refractivity contribution in [2.75, 3.05) is 11.9 Å². The van der Waals surface area contributed by atoms with Crippen molar-refractivity contribution < 1.29 is 19.2 Å². The second kappa shape index (κ2) is 9.11. The maximum absolute atomic E-state index is 13.4. The summed E-state index contributed by atoms with van der Waals surface area (Å²) in [6, 6.07) is 27.7. The number of hydrogen-bond donors (Lipinski definition) is 2. The van der Waals surface area contributed by atoms with Gasteiger partial charge in [0.1, 0.15) is 5.54 Å². The number of rotatable bonds is 6. The molecule has 0 spiro atoms. The molecule has 1 aliphatic heterocycles. The van der Waals surface area contributed by atoms with Gasteiger partial charge >= 0.3 is 6.03 Å². The van der Waals surface area contributed by atoms with Gasteiger partial charge in [-0.2, -0.15) is 0 Å². The van der Waals surface area contributed by atoms with Crippen LogP contribution in [0.15, 0.2) is 97.1 Å². The van der Waals surface area contributed by atoms with E-state index in [0.717, 1.165) is 15.7 Å². The number of nitrogens with one attached hydrogen (secondary N) is 2. The third-order valence-corrected chi connectivity index (χ3v) is 6.41. The smallest absolute Gasteiger partial charge is 0.322 e. The van der Waals surface area contributed by atoms with Crippen molar-refractivity contribution in [3.8, 4) is 0 Å². The van der Waals surface area contributed by atoms with E-state index in [-0.39, 0.29) is 18.2 Å². The van der Waals surface area contributed by atoms with Gasteiger partial charge in [-0.15, -0.1) is 0 Å². The van der Waals surface area contributed by atoms with Crippen molar-refractivity contribution in [3.63, 3.8) is 0 Å². The van der Waals surface area contributed by atoms with Crippen molar-refractivity contribution >= 4 is 40.1 Å². The first-order valence-electron chi connectivity index (χ1n) is 11.5. The van der Waals surface area contributed by atoms with E-state index in [1.54, 1.807) is 55.5 Å². The first-order valence-corrected chi connectivity index (χ1v) is 11.5. The van der Waals surface area contributed by atoms with Crippen LogP contribution in [-0.4, -0.2) is 35.1 Å². The van der Waals surface area contributed by atoms with E-state index in [4.69, 9.17) is 0 Å². The summed E-state index contributed by atoms with van der Waals surface area (Å²) >= 11 is 0. The predicted molar refractivity (Wildman–Crippen MR) is 137 cm³/mol. The van der Waals surface area contributed by atoms with Crippen LogP contribution in [-0.2, 0) is 10.3 Å². The first-order chi connectivity index (χ1) is 17.4. The molecule has 1 atom stereocenters. The molecule has 0 aromatic heterocycles. The zero-order valence-corrected chi connectivity index (χ0v) is 19.5. The Morgan fingerprint density at radius 1 is 0.806 bits per heavy atom. The van der Waals surface area contributed by atoms with Gasteiger partial charge in [0.15, 0.2) is 5.78 Å². The lowest BCUT2D eigenvalue weighted by Gasteiger charge is -2.24. The molecule has 0 bridgehead atoms. The van der Waals surface area contributed by atoms with Crippen molar-refractivity contribution in [2.45, 2.75) is 12.5 Å². The first kappa shape index (κ1) is 23.0. The minimum Gasteiger partial charge on any atom is -0.322 e. The lowest BCUT2D eigenvalue weighted by Crippen LogP contribution is -2.41. The van der Waals surface area contributed by atoms with Crippen LogP contribution >= 0.6 is 0 Å². The Morgan fingerprint density at radius 2 is 1.47 bits per heavy atom. The summed E-state index contributed by atoms with van der Waals surface area (Å²) in [7, 11) is 0. The molecule has 4 aromatic carbocycles. The van der Waals surface area contributed by atoms with Gasteiger partial charge in [-0.25, -0.2) is 4.79 Å². The molecule has 5 rings (SSSR count). The van der Waals surface area contributed by atoms with Crippen LogP contribution in [0.2, 0.25) is 0 Å². The number of carbonyl (C=O) groups excluding carboxylic acids is 4. The van der Waals surface area contributed by atoms with Gasteiger partial charge < -0.3 is 10.6 Å². The van der Waals surface area contributed by atoms with E-state index >= 15 is 0 Å². The fourth-order valence-electron chi connectivity index (χ4n) is 4.45. The summed E-state index contributed by atoms with van der Waals surface area (Å²) < 4.78 is 0. The second-order valence-corrected chi connectivity index (χ2v) is 8.79. The zero-order valence-electron chi connectivity index (χ0n) is 19.5. The monoisotopic (exact) mass is 477 g/mol. The molecular formula is C29H23N3O4. The molecule has 7 heteroatoms. The molecule has 1 heterocycles. The van der Waals surface area contributed by atoms with Crippen molar-refractivity contribution in [2.24, 2.45) is 0 Å². The largest absolute Gasteiger partial charge is 0.325 e. The summed E-state index contributed by atoms with van der Waals surface area (Å²) in [5.41, 5.74) is 0.757. The highest BCUT2D eigenvalue weighted by atomic mass is 16.2. The van der Waals surface area contributed by atoms with E-state index in [0.29, 0.717) is 22.4 Å². The zero-order chi connectivity index (χ0) is 25.3. The minimum absolute atomic E-state index is 0.262. The lowest BCUT2D eigenvalue weighted by atomic mass is 9.88. The number of anilines is 1. The van der Waals surface area contributed by atoms with Crippen LogP contribution in [0.1, 0.15) is 33.2 Å². The van der Waals surface area contributed by atoms with Crippen LogP contribution in [0.5, 0.6) is 0 Å². The summed E-state index contributed by atoms with van der Waals surface area (Å²) in [6.45, 7) is 1.27. The Morgan fingerprint density at radius 3 is 2.22 bits per heavy atom. The standard InChI is InChI=1S/C29H23N3O4/c1-29(24-13-7-11-19-8-5-6-12-23(19)24)27(35)32(28(36)31-29)18-25(33)20-14-16-22(17-15-20)30-26(34)21-9-3-2-4-10-21/h2-17H,18H2,1H3,(H,30,34)(H,31,36). The van der Waals surface area contributed by atoms with Crippen molar-refractivity contribution in [1.29, 1.82) is 0 Å². The number of carbonyl (C=O) groups is 4. The van der Waals surface area contributed by atoms with Crippen LogP contribution in [0, 0.1) is 0 Å². The molecule has 0 aliphatic carbocycles. The highest BCUT2D eigenvalue weighted by Crippen LogP contribution is 2.34. The number of Topliss-reactive ketones (excluding diaryl/α,β-unsaturated/α-hetero) is 1. The van der Waals surface area contributed by atoms with Crippen LogP contribution in [0.3, 0.4) is 0 Å². The normalized spacial score (nSPS) is 17.2. The fourth-order valence-corrected chi connectivity index (χ4v) is 4.45. The van der Waals surface area contributed by atoms with Gasteiger partial charge in [0.2, 0.25) is 0 Å². The van der Waals surface area contributed by atoms with E-state index in [9.17, 15) is 19.2 Å². The number of amides is 4. The number of urea groups is 1. The topological polar surface area (TPSA) is 95.6 Å². The minimum atomic E-state index is -1.29. The van der Waals surface area contributed by atoms with Gasteiger partial charge in [-0.1, -0.05) is 60.7 Å². The summed E-state index contributed by atoms with van der Waals surface area (Å²) in [4.78, 5) is 52.4. The van der Waals surface area contributed by atoms with Gasteiger partial charge in [-0.3, -0.25) is 19.3 Å². The second-order valence-electron chi connectivity index (χ2n) is 8.79. The molecule has 2 N–H and O–H groups in total. The van der Waals surface area contributed by atoms with Gasteiger partial charge in [0.05, 0.1) is 6.54 Å². The maximum atomic E-state index is 13.4. The highest BCUT2D eigenvalue weighted by molar-refractivity contribution is 6.12. The van der Waals surface area contributed by atoms with E-state index in [1.165, 1.54) is 0 Å². The Labute approximate surface area is 207 Å². The molecule has 1 aliphatic rings. The number of benzene rings is 4. The fraction of sp³-hybridized carbons (Fsp3) is 0.103. The van der Waals surface area contributed by atoms with Crippen LogP contribution in [0.25, 0.3) is 10.8 Å². The SMILES string of the molecule is CC1(c2cccc3ccccc23)NC(=O)N(CC(=O)c2ccc(NC(=O)c3ccccc3)cc2)C1=O. The molecule has 1 fully saturated rings. The molecule has 7 nitrogen and oxygen atoms in total. The molecular weight excluding hydrogens is 454 g/mol. The average molecular weight is 478 g/mol. The third-order valence-electron chi connectivity index (χ3n) is 6.41. The number of fused-ring (bicyclic) bond motifs is 1. The highest BCUT2D eigenvalue weighted by Gasteiger charge is 2.50. The number of hydrogen-bond acceptors (Lipinski definition) is 4.